The van der Waals surface area contributed by atoms with Crippen LogP contribution in [0, 0.1) is 0 Å². The highest BCUT2D eigenvalue weighted by Crippen LogP contribution is 2.36. The van der Waals surface area contributed by atoms with Gasteiger partial charge in [0.25, 0.3) is 0 Å². The summed E-state index contributed by atoms with van der Waals surface area (Å²) in [5.74, 6) is 0.688. The van der Waals surface area contributed by atoms with Crippen molar-refractivity contribution in [1.29, 1.82) is 0 Å². The lowest BCUT2D eigenvalue weighted by molar-refractivity contribution is 0.00578. The molecule has 1 aliphatic heterocycles. The minimum atomic E-state index is -0.565. The van der Waals surface area contributed by atoms with Crippen molar-refractivity contribution >= 4 is 12.6 Å². The Morgan fingerprint density at radius 1 is 1.09 bits per heavy atom. The van der Waals surface area contributed by atoms with Crippen molar-refractivity contribution in [3.8, 4) is 5.75 Å². The first kappa shape index (κ1) is 18.3. The van der Waals surface area contributed by atoms with E-state index in [1.54, 1.807) is 0 Å². The van der Waals surface area contributed by atoms with E-state index in [0.29, 0.717) is 18.6 Å². The molecule has 6 heteroatoms. The first-order valence-corrected chi connectivity index (χ1v) is 8.12. The van der Waals surface area contributed by atoms with Crippen molar-refractivity contribution < 1.29 is 24.3 Å². The molecule has 1 aromatic carbocycles. The molecule has 0 saturated carbocycles. The molecule has 1 heterocycles. The minimum absolute atomic E-state index is 0.0832. The molecule has 1 saturated heterocycles. The normalized spacial score (nSPS) is 20.5. The molecule has 0 spiro atoms. The number of hydrogen-bond donors (Lipinski definition) is 2. The molecule has 0 radical (unpaired) electrons. The molecule has 1 atom stereocenters. The van der Waals surface area contributed by atoms with Gasteiger partial charge < -0.3 is 24.3 Å². The third kappa shape index (κ3) is 4.47. The summed E-state index contributed by atoms with van der Waals surface area (Å²) in [6.07, 6.45) is 0.540. The van der Waals surface area contributed by atoms with Gasteiger partial charge in [-0.2, -0.15) is 0 Å². The van der Waals surface area contributed by atoms with Gasteiger partial charge in [-0.05, 0) is 58.1 Å². The van der Waals surface area contributed by atoms with Crippen LogP contribution in [0.5, 0.6) is 5.75 Å². The van der Waals surface area contributed by atoms with Crippen LogP contribution in [-0.4, -0.2) is 47.9 Å². The Morgan fingerprint density at radius 2 is 1.65 bits per heavy atom. The van der Waals surface area contributed by atoms with Crippen LogP contribution in [0.25, 0.3) is 0 Å². The van der Waals surface area contributed by atoms with Crippen molar-refractivity contribution in [3.63, 3.8) is 0 Å². The van der Waals surface area contributed by atoms with E-state index in [0.717, 1.165) is 5.46 Å². The van der Waals surface area contributed by atoms with E-state index >= 15 is 0 Å². The highest BCUT2D eigenvalue weighted by atomic mass is 16.7. The second-order valence-electron chi connectivity index (χ2n) is 6.99. The number of ether oxygens (including phenoxy) is 1. The van der Waals surface area contributed by atoms with Crippen LogP contribution in [-0.2, 0) is 9.31 Å². The Kier molecular flexibility index (Phi) is 5.73. The SMILES string of the molecule is CC1(C)OB(c2ccc(OCC(O)CCCO)cc2)OC1(C)C. The lowest BCUT2D eigenvalue weighted by atomic mass is 9.79. The second-order valence-corrected chi connectivity index (χ2v) is 6.99. The molecular formula is C17H27BO5. The van der Waals surface area contributed by atoms with Crippen LogP contribution in [0.2, 0.25) is 0 Å². The van der Waals surface area contributed by atoms with E-state index in [1.807, 2.05) is 52.0 Å². The van der Waals surface area contributed by atoms with Crippen LogP contribution in [0.15, 0.2) is 24.3 Å². The Bertz CT molecular complexity index is 484. The Hall–Kier alpha value is -1.08. The minimum Gasteiger partial charge on any atom is -0.491 e. The molecule has 1 aromatic rings. The standard InChI is InChI=1S/C17H27BO5/c1-16(2)17(3,4)23-18(22-16)13-7-9-15(10-8-13)21-12-14(20)6-5-11-19/h7-10,14,19-20H,5-6,11-12H2,1-4H3. The van der Waals surface area contributed by atoms with Crippen LogP contribution in [0.3, 0.4) is 0 Å². The summed E-state index contributed by atoms with van der Waals surface area (Å²) in [5, 5.41) is 18.4. The van der Waals surface area contributed by atoms with Crippen LogP contribution in [0.1, 0.15) is 40.5 Å². The van der Waals surface area contributed by atoms with Gasteiger partial charge >= 0.3 is 7.12 Å². The van der Waals surface area contributed by atoms with Crippen LogP contribution < -0.4 is 10.2 Å². The number of hydrogen-bond acceptors (Lipinski definition) is 5. The zero-order chi connectivity index (χ0) is 17.1. The molecule has 2 rings (SSSR count). The zero-order valence-electron chi connectivity index (χ0n) is 14.4. The summed E-state index contributed by atoms with van der Waals surface area (Å²) in [6, 6.07) is 7.52. The van der Waals surface area contributed by atoms with Gasteiger partial charge in [0.1, 0.15) is 12.4 Å². The van der Waals surface area contributed by atoms with E-state index in [9.17, 15) is 5.11 Å². The monoisotopic (exact) mass is 322 g/mol. The van der Waals surface area contributed by atoms with Gasteiger partial charge in [0.2, 0.25) is 0 Å². The van der Waals surface area contributed by atoms with Crippen molar-refractivity contribution in [3.05, 3.63) is 24.3 Å². The Balaban J connectivity index is 1.90. The molecule has 2 N–H and O–H groups in total. The third-order valence-electron chi connectivity index (χ3n) is 4.54. The summed E-state index contributed by atoms with van der Waals surface area (Å²) in [6.45, 7) is 8.41. The Morgan fingerprint density at radius 3 is 2.17 bits per heavy atom. The molecule has 1 fully saturated rings. The van der Waals surface area contributed by atoms with Crippen LogP contribution in [0.4, 0.5) is 0 Å². The largest absolute Gasteiger partial charge is 0.494 e. The zero-order valence-corrected chi connectivity index (χ0v) is 14.4. The van der Waals surface area contributed by atoms with Crippen molar-refractivity contribution in [2.75, 3.05) is 13.2 Å². The first-order chi connectivity index (χ1) is 10.7. The average molecular weight is 322 g/mol. The molecular weight excluding hydrogens is 295 g/mol. The molecule has 1 unspecified atom stereocenters. The van der Waals surface area contributed by atoms with Gasteiger partial charge in [-0.15, -0.1) is 0 Å². The van der Waals surface area contributed by atoms with E-state index in [4.69, 9.17) is 19.2 Å². The molecule has 0 aliphatic carbocycles. The highest BCUT2D eigenvalue weighted by Gasteiger charge is 2.51. The molecule has 0 aromatic heterocycles. The summed E-state index contributed by atoms with van der Waals surface area (Å²) in [7, 11) is -0.385. The molecule has 5 nitrogen and oxygen atoms in total. The van der Waals surface area contributed by atoms with Gasteiger partial charge in [-0.1, -0.05) is 12.1 Å². The highest BCUT2D eigenvalue weighted by molar-refractivity contribution is 6.62. The van der Waals surface area contributed by atoms with Crippen molar-refractivity contribution in [2.45, 2.75) is 57.8 Å². The fourth-order valence-electron chi connectivity index (χ4n) is 2.30. The lowest BCUT2D eigenvalue weighted by Crippen LogP contribution is -2.41. The fraction of sp³-hybridized carbons (Fsp3) is 0.647. The number of benzene rings is 1. The summed E-state index contributed by atoms with van der Waals surface area (Å²) in [5.41, 5.74) is 0.227. The summed E-state index contributed by atoms with van der Waals surface area (Å²) >= 11 is 0. The molecule has 23 heavy (non-hydrogen) atoms. The van der Waals surface area contributed by atoms with E-state index in [1.165, 1.54) is 0 Å². The Labute approximate surface area is 138 Å². The smallest absolute Gasteiger partial charge is 0.491 e. The van der Waals surface area contributed by atoms with Gasteiger partial charge in [-0.25, -0.2) is 0 Å². The van der Waals surface area contributed by atoms with Gasteiger partial charge in [0.05, 0.1) is 17.3 Å². The number of rotatable bonds is 7. The predicted octanol–water partition coefficient (Wildman–Crippen LogP) is 1.50. The second kappa shape index (κ2) is 7.22. The van der Waals surface area contributed by atoms with Gasteiger partial charge in [0.15, 0.2) is 0 Å². The maximum Gasteiger partial charge on any atom is 0.494 e. The van der Waals surface area contributed by atoms with Crippen molar-refractivity contribution in [1.82, 2.24) is 0 Å². The third-order valence-corrected chi connectivity index (χ3v) is 4.54. The maximum absolute atomic E-state index is 9.71. The summed E-state index contributed by atoms with van der Waals surface area (Å²) < 4.78 is 17.6. The van der Waals surface area contributed by atoms with Crippen LogP contribution >= 0.6 is 0 Å². The molecule has 0 amide bonds. The molecule has 128 valence electrons. The maximum atomic E-state index is 9.71. The van der Waals surface area contributed by atoms with E-state index < -0.39 is 6.10 Å². The number of aliphatic hydroxyl groups excluding tert-OH is 2. The fourth-order valence-corrected chi connectivity index (χ4v) is 2.30. The van der Waals surface area contributed by atoms with Gasteiger partial charge in [0, 0.05) is 6.61 Å². The molecule has 1 aliphatic rings. The van der Waals surface area contributed by atoms with Crippen molar-refractivity contribution in [2.24, 2.45) is 0 Å². The first-order valence-electron chi connectivity index (χ1n) is 8.12. The quantitative estimate of drug-likeness (QED) is 0.745. The van der Waals surface area contributed by atoms with E-state index in [-0.39, 0.29) is 31.5 Å². The van der Waals surface area contributed by atoms with Gasteiger partial charge in [-0.3, -0.25) is 0 Å². The summed E-state index contributed by atoms with van der Waals surface area (Å²) in [4.78, 5) is 0. The molecule has 0 bridgehead atoms. The lowest BCUT2D eigenvalue weighted by Gasteiger charge is -2.32. The average Bonchev–Trinajstić information content (AvgIpc) is 2.72. The van der Waals surface area contributed by atoms with E-state index in [2.05, 4.69) is 0 Å². The number of aliphatic hydroxyl groups is 2. The predicted molar refractivity (Wildman–Crippen MR) is 90.0 cm³/mol. The topological polar surface area (TPSA) is 68.2 Å².